The Morgan fingerprint density at radius 3 is 2.39 bits per heavy atom. The first kappa shape index (κ1) is 21.1. The average molecular weight is 473 g/mol. The van der Waals surface area contributed by atoms with E-state index in [1.54, 1.807) is 60.7 Å². The molecule has 0 amide bonds. The van der Waals surface area contributed by atoms with Gasteiger partial charge in [0.1, 0.15) is 5.75 Å². The van der Waals surface area contributed by atoms with E-state index >= 15 is 0 Å². The van der Waals surface area contributed by atoms with Crippen molar-refractivity contribution in [2.75, 3.05) is 0 Å². The number of aliphatic imine (C=N–C) groups is 1. The highest BCUT2D eigenvalue weighted by molar-refractivity contribution is 6.36. The molecule has 0 bridgehead atoms. The fourth-order valence-electron chi connectivity index (χ4n) is 2.76. The van der Waals surface area contributed by atoms with Gasteiger partial charge in [-0.2, -0.15) is 0 Å². The summed E-state index contributed by atoms with van der Waals surface area (Å²) >= 11 is 17.8. The summed E-state index contributed by atoms with van der Waals surface area (Å²) in [6, 6.07) is 17.9. The van der Waals surface area contributed by atoms with Crippen LogP contribution in [0.4, 0.5) is 0 Å². The van der Waals surface area contributed by atoms with E-state index in [-0.39, 0.29) is 22.2 Å². The molecular formula is C23H12Cl3NO4. The highest BCUT2D eigenvalue weighted by atomic mass is 35.5. The monoisotopic (exact) mass is 471 g/mol. The first-order valence-corrected chi connectivity index (χ1v) is 10.1. The molecule has 0 unspecified atom stereocenters. The van der Waals surface area contributed by atoms with Crippen molar-refractivity contribution in [2.24, 2.45) is 4.99 Å². The first-order valence-electron chi connectivity index (χ1n) is 8.95. The number of carbonyl (C=O) groups excluding carboxylic acids is 2. The maximum Gasteiger partial charge on any atom is 0.363 e. The normalized spacial score (nSPS) is 14.4. The van der Waals surface area contributed by atoms with Gasteiger partial charge in [-0.25, -0.2) is 14.6 Å². The van der Waals surface area contributed by atoms with E-state index in [2.05, 4.69) is 4.99 Å². The van der Waals surface area contributed by atoms with Crippen molar-refractivity contribution in [1.82, 2.24) is 0 Å². The van der Waals surface area contributed by atoms with E-state index in [4.69, 9.17) is 44.3 Å². The zero-order valence-electron chi connectivity index (χ0n) is 15.6. The van der Waals surface area contributed by atoms with E-state index in [1.165, 1.54) is 12.1 Å². The molecule has 3 aromatic carbocycles. The van der Waals surface area contributed by atoms with Gasteiger partial charge in [-0.15, -0.1) is 0 Å². The van der Waals surface area contributed by atoms with Crippen LogP contribution in [-0.4, -0.2) is 17.8 Å². The molecule has 0 spiro atoms. The average Bonchev–Trinajstić information content (AvgIpc) is 3.10. The van der Waals surface area contributed by atoms with Crippen molar-refractivity contribution in [3.8, 4) is 5.75 Å². The zero-order chi connectivity index (χ0) is 22.0. The Balaban J connectivity index is 1.49. The number of hydrogen-bond donors (Lipinski definition) is 0. The van der Waals surface area contributed by atoms with Crippen molar-refractivity contribution in [2.45, 2.75) is 0 Å². The second-order valence-electron chi connectivity index (χ2n) is 6.43. The topological polar surface area (TPSA) is 65.0 Å². The molecule has 31 heavy (non-hydrogen) atoms. The van der Waals surface area contributed by atoms with E-state index < -0.39 is 11.9 Å². The number of halogens is 3. The molecule has 1 heterocycles. The Hall–Kier alpha value is -3.12. The number of hydrogen-bond acceptors (Lipinski definition) is 5. The molecular weight excluding hydrogens is 461 g/mol. The summed E-state index contributed by atoms with van der Waals surface area (Å²) in [7, 11) is 0. The smallest absolute Gasteiger partial charge is 0.363 e. The van der Waals surface area contributed by atoms with Crippen molar-refractivity contribution in [3.05, 3.63) is 104 Å². The van der Waals surface area contributed by atoms with Gasteiger partial charge in [-0.05, 0) is 60.2 Å². The maximum absolute atomic E-state index is 12.3. The number of rotatable bonds is 4. The quantitative estimate of drug-likeness (QED) is 0.257. The van der Waals surface area contributed by atoms with Crippen LogP contribution < -0.4 is 4.74 Å². The van der Waals surface area contributed by atoms with Crippen LogP contribution in [-0.2, 0) is 9.53 Å². The summed E-state index contributed by atoms with van der Waals surface area (Å²) < 4.78 is 10.6. The molecule has 8 heteroatoms. The Kier molecular flexibility index (Phi) is 6.09. The number of benzene rings is 3. The largest absolute Gasteiger partial charge is 0.423 e. The van der Waals surface area contributed by atoms with Crippen LogP contribution in [0.25, 0.3) is 6.08 Å². The predicted molar refractivity (Wildman–Crippen MR) is 120 cm³/mol. The lowest BCUT2D eigenvalue weighted by atomic mass is 10.2. The second kappa shape index (κ2) is 8.94. The standard InChI is InChI=1S/C23H12Cl3NO4/c24-15-3-1-2-14(11-15)21-27-20(23(29)31-21)10-13-4-7-17(8-5-13)30-22(28)18-9-6-16(25)12-19(18)26/h1-12H/b20-10-. The van der Waals surface area contributed by atoms with Gasteiger partial charge in [0.25, 0.3) is 0 Å². The molecule has 0 atom stereocenters. The summed E-state index contributed by atoms with van der Waals surface area (Å²) in [4.78, 5) is 28.7. The molecule has 0 aromatic heterocycles. The minimum absolute atomic E-state index is 0.146. The van der Waals surface area contributed by atoms with Crippen LogP contribution in [0, 0.1) is 0 Å². The molecule has 5 nitrogen and oxygen atoms in total. The molecule has 1 aliphatic heterocycles. The summed E-state index contributed by atoms with van der Waals surface area (Å²) in [6.45, 7) is 0. The van der Waals surface area contributed by atoms with Crippen molar-refractivity contribution >= 4 is 58.7 Å². The zero-order valence-corrected chi connectivity index (χ0v) is 17.9. The lowest BCUT2D eigenvalue weighted by Crippen LogP contribution is -2.09. The third-order valence-corrected chi connectivity index (χ3v) is 5.02. The van der Waals surface area contributed by atoms with E-state index in [9.17, 15) is 9.59 Å². The molecule has 0 aliphatic carbocycles. The fourth-order valence-corrected chi connectivity index (χ4v) is 3.44. The molecule has 0 fully saturated rings. The van der Waals surface area contributed by atoms with Gasteiger partial charge in [0.2, 0.25) is 5.90 Å². The highest BCUT2D eigenvalue weighted by Crippen LogP contribution is 2.24. The molecule has 3 aromatic rings. The van der Waals surface area contributed by atoms with Crippen LogP contribution in [0.3, 0.4) is 0 Å². The Morgan fingerprint density at radius 2 is 1.68 bits per heavy atom. The van der Waals surface area contributed by atoms with Crippen LogP contribution in [0.5, 0.6) is 5.75 Å². The maximum atomic E-state index is 12.3. The van der Waals surface area contributed by atoms with Gasteiger partial charge in [-0.3, -0.25) is 0 Å². The van der Waals surface area contributed by atoms with Crippen LogP contribution in [0.15, 0.2) is 77.4 Å². The van der Waals surface area contributed by atoms with Gasteiger partial charge in [0, 0.05) is 15.6 Å². The van der Waals surface area contributed by atoms with Gasteiger partial charge in [-0.1, -0.05) is 53.0 Å². The van der Waals surface area contributed by atoms with E-state index in [0.29, 0.717) is 26.9 Å². The predicted octanol–water partition coefficient (Wildman–Crippen LogP) is 6.21. The highest BCUT2D eigenvalue weighted by Gasteiger charge is 2.24. The number of esters is 2. The lowest BCUT2D eigenvalue weighted by Gasteiger charge is -2.06. The number of carbonyl (C=O) groups is 2. The van der Waals surface area contributed by atoms with E-state index in [1.807, 2.05) is 0 Å². The van der Waals surface area contributed by atoms with E-state index in [0.717, 1.165) is 0 Å². The summed E-state index contributed by atoms with van der Waals surface area (Å²) in [5, 5.41) is 1.14. The number of cyclic esters (lactones) is 1. The van der Waals surface area contributed by atoms with Crippen molar-refractivity contribution in [1.29, 1.82) is 0 Å². The molecule has 0 saturated heterocycles. The molecule has 154 valence electrons. The third-order valence-electron chi connectivity index (χ3n) is 4.24. The Bertz CT molecular complexity index is 1250. The summed E-state index contributed by atoms with van der Waals surface area (Å²) in [5.41, 5.74) is 1.63. The van der Waals surface area contributed by atoms with Gasteiger partial charge in [0.15, 0.2) is 5.70 Å². The molecule has 0 N–H and O–H groups in total. The third kappa shape index (κ3) is 4.97. The summed E-state index contributed by atoms with van der Waals surface area (Å²) in [6.07, 6.45) is 1.57. The minimum Gasteiger partial charge on any atom is -0.423 e. The lowest BCUT2D eigenvalue weighted by molar-refractivity contribution is -0.129. The summed E-state index contributed by atoms with van der Waals surface area (Å²) in [5.74, 6) is -0.676. The van der Waals surface area contributed by atoms with Crippen molar-refractivity contribution in [3.63, 3.8) is 0 Å². The Labute approximate surface area is 192 Å². The minimum atomic E-state index is -0.608. The molecule has 4 rings (SSSR count). The SMILES string of the molecule is O=C1OC(c2cccc(Cl)c2)=N/C1=C\c1ccc(OC(=O)c2ccc(Cl)cc2Cl)cc1. The Morgan fingerprint density at radius 1 is 0.935 bits per heavy atom. The molecule has 0 radical (unpaired) electrons. The van der Waals surface area contributed by atoms with Gasteiger partial charge >= 0.3 is 11.9 Å². The van der Waals surface area contributed by atoms with Gasteiger partial charge in [0.05, 0.1) is 10.6 Å². The fraction of sp³-hybridized carbons (Fsp3) is 0. The van der Waals surface area contributed by atoms with Crippen LogP contribution >= 0.6 is 34.8 Å². The van der Waals surface area contributed by atoms with Crippen LogP contribution in [0.1, 0.15) is 21.5 Å². The second-order valence-corrected chi connectivity index (χ2v) is 7.71. The first-order chi connectivity index (χ1) is 14.9. The molecule has 1 aliphatic rings. The molecule has 0 saturated carbocycles. The number of ether oxygens (including phenoxy) is 2. The van der Waals surface area contributed by atoms with Crippen LogP contribution in [0.2, 0.25) is 15.1 Å². The number of nitrogens with zero attached hydrogens (tertiary/aromatic N) is 1. The van der Waals surface area contributed by atoms with Crippen molar-refractivity contribution < 1.29 is 19.1 Å². The van der Waals surface area contributed by atoms with Gasteiger partial charge < -0.3 is 9.47 Å².